The fraction of sp³-hybridized carbons (Fsp3) is 0.167. The maximum atomic E-state index is 13.6. The number of fused-ring (bicyclic) bond motifs is 1. The van der Waals surface area contributed by atoms with Crippen molar-refractivity contribution in [3.05, 3.63) is 40.4 Å². The van der Waals surface area contributed by atoms with E-state index < -0.39 is 0 Å². The number of hydrogen-bond donors (Lipinski definition) is 1. The molecule has 1 aromatic carbocycles. The Morgan fingerprint density at radius 2 is 2.21 bits per heavy atom. The van der Waals surface area contributed by atoms with Crippen molar-refractivity contribution in [2.24, 2.45) is 7.05 Å². The van der Waals surface area contributed by atoms with Gasteiger partial charge in [-0.3, -0.25) is 4.68 Å². The number of hydrogen-bond acceptors (Lipinski definition) is 3. The van der Waals surface area contributed by atoms with Crippen LogP contribution < -0.4 is 5.73 Å². The van der Waals surface area contributed by atoms with Crippen molar-refractivity contribution in [3.63, 3.8) is 0 Å². The Balaban J connectivity index is 2.12. The van der Waals surface area contributed by atoms with Crippen LogP contribution in [0.15, 0.2) is 28.9 Å². The van der Waals surface area contributed by atoms with E-state index >= 15 is 0 Å². The zero-order chi connectivity index (χ0) is 13.6. The molecule has 7 heteroatoms. The highest BCUT2D eigenvalue weighted by molar-refractivity contribution is 9.10. The SMILES string of the molecule is Cn1ccc(Cn2c(N)nc3cc(Br)c(F)cc32)n1. The van der Waals surface area contributed by atoms with E-state index in [-0.39, 0.29) is 5.82 Å². The summed E-state index contributed by atoms with van der Waals surface area (Å²) in [7, 11) is 1.84. The molecule has 19 heavy (non-hydrogen) atoms. The average molecular weight is 324 g/mol. The lowest BCUT2D eigenvalue weighted by atomic mass is 10.3. The molecule has 0 radical (unpaired) electrons. The van der Waals surface area contributed by atoms with Crippen LogP contribution in [0, 0.1) is 5.82 Å². The lowest BCUT2D eigenvalue weighted by Gasteiger charge is -2.04. The molecule has 0 bridgehead atoms. The summed E-state index contributed by atoms with van der Waals surface area (Å²) < 4.78 is 17.5. The van der Waals surface area contributed by atoms with Gasteiger partial charge in [-0.1, -0.05) is 0 Å². The van der Waals surface area contributed by atoms with Gasteiger partial charge in [0.2, 0.25) is 5.95 Å². The predicted molar refractivity (Wildman–Crippen MR) is 74.1 cm³/mol. The summed E-state index contributed by atoms with van der Waals surface area (Å²) in [5, 5.41) is 4.28. The molecule has 2 N–H and O–H groups in total. The molecule has 0 amide bonds. The maximum Gasteiger partial charge on any atom is 0.201 e. The van der Waals surface area contributed by atoms with Crippen molar-refractivity contribution < 1.29 is 4.39 Å². The maximum absolute atomic E-state index is 13.6. The van der Waals surface area contributed by atoms with E-state index in [2.05, 4.69) is 26.0 Å². The molecule has 3 rings (SSSR count). The summed E-state index contributed by atoms with van der Waals surface area (Å²) in [6.07, 6.45) is 1.85. The number of nitrogen functional groups attached to an aromatic ring is 1. The number of imidazole rings is 1. The first kappa shape index (κ1) is 12.2. The van der Waals surface area contributed by atoms with Gasteiger partial charge in [0.25, 0.3) is 0 Å². The van der Waals surface area contributed by atoms with Crippen molar-refractivity contribution in [3.8, 4) is 0 Å². The standard InChI is InChI=1S/C12H11BrFN5/c1-18-3-2-7(17-18)6-19-11-5-9(14)8(13)4-10(11)16-12(19)15/h2-5H,6H2,1H3,(H2,15,16). The number of halogens is 2. The first-order valence-electron chi connectivity index (χ1n) is 5.64. The zero-order valence-electron chi connectivity index (χ0n) is 10.1. The van der Waals surface area contributed by atoms with Crippen LogP contribution in [-0.4, -0.2) is 19.3 Å². The highest BCUT2D eigenvalue weighted by Crippen LogP contribution is 2.25. The Bertz CT molecular complexity index is 761. The first-order chi connectivity index (χ1) is 9.04. The highest BCUT2D eigenvalue weighted by atomic mass is 79.9. The van der Waals surface area contributed by atoms with Gasteiger partial charge >= 0.3 is 0 Å². The molecule has 0 aliphatic heterocycles. The van der Waals surface area contributed by atoms with Gasteiger partial charge in [0.15, 0.2) is 0 Å². The van der Waals surface area contributed by atoms with E-state index in [1.807, 2.05) is 19.3 Å². The third-order valence-electron chi connectivity index (χ3n) is 2.91. The smallest absolute Gasteiger partial charge is 0.201 e. The van der Waals surface area contributed by atoms with E-state index in [4.69, 9.17) is 5.73 Å². The lowest BCUT2D eigenvalue weighted by molar-refractivity contribution is 0.621. The molecule has 0 saturated carbocycles. The van der Waals surface area contributed by atoms with E-state index in [1.54, 1.807) is 15.3 Å². The minimum atomic E-state index is -0.338. The fourth-order valence-corrected chi connectivity index (χ4v) is 2.35. The Hall–Kier alpha value is -1.89. The van der Waals surface area contributed by atoms with Crippen LogP contribution >= 0.6 is 15.9 Å². The van der Waals surface area contributed by atoms with Crippen LogP contribution in [0.5, 0.6) is 0 Å². The second-order valence-electron chi connectivity index (χ2n) is 4.29. The number of benzene rings is 1. The predicted octanol–water partition coefficient (Wildman–Crippen LogP) is 2.30. The van der Waals surface area contributed by atoms with Crippen molar-refractivity contribution in [2.45, 2.75) is 6.54 Å². The second-order valence-corrected chi connectivity index (χ2v) is 5.15. The summed E-state index contributed by atoms with van der Waals surface area (Å²) >= 11 is 3.14. The molecule has 0 spiro atoms. The lowest BCUT2D eigenvalue weighted by Crippen LogP contribution is -2.05. The van der Waals surface area contributed by atoms with Crippen LogP contribution in [0.2, 0.25) is 0 Å². The largest absolute Gasteiger partial charge is 0.369 e. The van der Waals surface area contributed by atoms with Gasteiger partial charge in [-0.15, -0.1) is 0 Å². The Morgan fingerprint density at radius 1 is 1.42 bits per heavy atom. The van der Waals surface area contributed by atoms with E-state index in [0.717, 1.165) is 5.69 Å². The van der Waals surface area contributed by atoms with Gasteiger partial charge in [0.05, 0.1) is 27.7 Å². The normalized spacial score (nSPS) is 11.3. The monoisotopic (exact) mass is 323 g/mol. The summed E-state index contributed by atoms with van der Waals surface area (Å²) in [6, 6.07) is 4.93. The number of aryl methyl sites for hydroxylation is 1. The average Bonchev–Trinajstić information content (AvgIpc) is 2.87. The Labute approximate surface area is 117 Å². The quantitative estimate of drug-likeness (QED) is 0.787. The van der Waals surface area contributed by atoms with Gasteiger partial charge in [0.1, 0.15) is 5.82 Å². The zero-order valence-corrected chi connectivity index (χ0v) is 11.7. The molecule has 3 aromatic rings. The molecule has 0 atom stereocenters. The van der Waals surface area contributed by atoms with Gasteiger partial charge in [-0.05, 0) is 28.1 Å². The van der Waals surface area contributed by atoms with Crippen LogP contribution in [0.25, 0.3) is 11.0 Å². The second kappa shape index (κ2) is 4.34. The van der Waals surface area contributed by atoms with Gasteiger partial charge in [0, 0.05) is 19.3 Å². The third kappa shape index (κ3) is 2.10. The number of nitrogens with two attached hydrogens (primary N) is 1. The molecular formula is C12H11BrFN5. The third-order valence-corrected chi connectivity index (χ3v) is 3.52. The molecule has 0 fully saturated rings. The van der Waals surface area contributed by atoms with Gasteiger partial charge in [-0.2, -0.15) is 5.10 Å². The summed E-state index contributed by atoms with van der Waals surface area (Å²) in [5.41, 5.74) is 8.04. The molecule has 0 aliphatic carbocycles. The minimum Gasteiger partial charge on any atom is -0.369 e. The summed E-state index contributed by atoms with van der Waals surface area (Å²) in [4.78, 5) is 4.23. The highest BCUT2D eigenvalue weighted by Gasteiger charge is 2.12. The number of anilines is 1. The number of nitrogens with zero attached hydrogens (tertiary/aromatic N) is 4. The van der Waals surface area contributed by atoms with Crippen LogP contribution in [-0.2, 0) is 13.6 Å². The van der Waals surface area contributed by atoms with Crippen molar-refractivity contribution in [2.75, 3.05) is 5.73 Å². The van der Waals surface area contributed by atoms with Crippen LogP contribution in [0.1, 0.15) is 5.69 Å². The summed E-state index contributed by atoms with van der Waals surface area (Å²) in [6.45, 7) is 0.463. The first-order valence-corrected chi connectivity index (χ1v) is 6.43. The van der Waals surface area contributed by atoms with E-state index in [0.29, 0.717) is 28.0 Å². The number of rotatable bonds is 2. The molecule has 2 aromatic heterocycles. The molecule has 0 saturated heterocycles. The Morgan fingerprint density at radius 3 is 2.89 bits per heavy atom. The van der Waals surface area contributed by atoms with Crippen LogP contribution in [0.4, 0.5) is 10.3 Å². The number of aromatic nitrogens is 4. The van der Waals surface area contributed by atoms with Crippen LogP contribution in [0.3, 0.4) is 0 Å². The van der Waals surface area contributed by atoms with Gasteiger partial charge < -0.3 is 10.3 Å². The molecule has 5 nitrogen and oxygen atoms in total. The van der Waals surface area contributed by atoms with Crippen molar-refractivity contribution in [1.29, 1.82) is 0 Å². The van der Waals surface area contributed by atoms with E-state index in [9.17, 15) is 4.39 Å². The molecule has 2 heterocycles. The van der Waals surface area contributed by atoms with Crippen molar-refractivity contribution in [1.82, 2.24) is 19.3 Å². The minimum absolute atomic E-state index is 0.338. The molecule has 98 valence electrons. The Kier molecular flexibility index (Phi) is 2.78. The van der Waals surface area contributed by atoms with Gasteiger partial charge in [-0.25, -0.2) is 9.37 Å². The fourth-order valence-electron chi connectivity index (χ4n) is 2.01. The summed E-state index contributed by atoms with van der Waals surface area (Å²) in [5.74, 6) is 0.00724. The van der Waals surface area contributed by atoms with E-state index in [1.165, 1.54) is 6.07 Å². The molecule has 0 unspecified atom stereocenters. The topological polar surface area (TPSA) is 61.7 Å². The molecular weight excluding hydrogens is 313 g/mol. The van der Waals surface area contributed by atoms with Crippen molar-refractivity contribution >= 4 is 32.9 Å². The molecule has 0 aliphatic rings.